The number of likely N-dealkylation sites (tertiary alicyclic amines) is 1. The molecule has 1 aromatic rings. The highest BCUT2D eigenvalue weighted by Crippen LogP contribution is 2.20. The third-order valence-electron chi connectivity index (χ3n) is 6.07. The zero-order valence-electron chi connectivity index (χ0n) is 16.0. The highest BCUT2D eigenvalue weighted by atomic mass is 32.2. The van der Waals surface area contributed by atoms with Crippen LogP contribution in [-0.4, -0.2) is 85.2 Å². The summed E-state index contributed by atoms with van der Waals surface area (Å²) in [6.07, 6.45) is 2.26. The lowest BCUT2D eigenvalue weighted by Gasteiger charge is -2.37. The fourth-order valence-electron chi connectivity index (χ4n) is 4.38. The van der Waals surface area contributed by atoms with Gasteiger partial charge in [-0.25, -0.2) is 8.42 Å². The number of nitrogens with zero attached hydrogens (tertiary/aromatic N) is 3. The summed E-state index contributed by atoms with van der Waals surface area (Å²) in [7, 11) is -2.88. The topological polar surface area (TPSA) is 78.0 Å². The van der Waals surface area contributed by atoms with E-state index < -0.39 is 9.84 Å². The maximum absolute atomic E-state index is 12.8. The lowest BCUT2D eigenvalue weighted by atomic mass is 10.1. The molecule has 8 heteroatoms. The zero-order chi connectivity index (χ0) is 19.7. The molecule has 3 saturated heterocycles. The van der Waals surface area contributed by atoms with Crippen molar-refractivity contribution in [3.8, 4) is 0 Å². The Morgan fingerprint density at radius 1 is 1.04 bits per heavy atom. The van der Waals surface area contributed by atoms with E-state index in [0.29, 0.717) is 38.0 Å². The number of amides is 2. The number of benzene rings is 1. The van der Waals surface area contributed by atoms with E-state index >= 15 is 0 Å². The van der Waals surface area contributed by atoms with Gasteiger partial charge in [0.2, 0.25) is 5.91 Å². The van der Waals surface area contributed by atoms with Gasteiger partial charge < -0.3 is 9.80 Å². The number of carbonyl (C=O) groups excluding carboxylic acids is 2. The van der Waals surface area contributed by atoms with Gasteiger partial charge in [0.05, 0.1) is 11.5 Å². The average Bonchev–Trinajstić information content (AvgIpc) is 3.27. The minimum absolute atomic E-state index is 0.0162. The van der Waals surface area contributed by atoms with E-state index in [9.17, 15) is 18.0 Å². The van der Waals surface area contributed by atoms with E-state index in [1.54, 1.807) is 0 Å². The number of sulfone groups is 1. The van der Waals surface area contributed by atoms with Crippen LogP contribution in [0.5, 0.6) is 0 Å². The molecule has 0 N–H and O–H groups in total. The first-order chi connectivity index (χ1) is 13.4. The smallest absolute Gasteiger partial charge is 0.253 e. The molecule has 0 aliphatic carbocycles. The third-order valence-corrected chi connectivity index (χ3v) is 7.82. The summed E-state index contributed by atoms with van der Waals surface area (Å²) in [6, 6.07) is 7.65. The van der Waals surface area contributed by atoms with Gasteiger partial charge in [-0.3, -0.25) is 14.5 Å². The molecular formula is C20H27N3O4S. The van der Waals surface area contributed by atoms with Crippen molar-refractivity contribution < 1.29 is 18.0 Å². The van der Waals surface area contributed by atoms with Gasteiger partial charge in [0.1, 0.15) is 0 Å². The second kappa shape index (κ2) is 7.83. The molecule has 4 rings (SSSR count). The Balaban J connectivity index is 1.31. The van der Waals surface area contributed by atoms with Gasteiger partial charge in [-0.15, -0.1) is 0 Å². The van der Waals surface area contributed by atoms with Gasteiger partial charge in [-0.2, -0.15) is 0 Å². The van der Waals surface area contributed by atoms with Gasteiger partial charge >= 0.3 is 0 Å². The van der Waals surface area contributed by atoms with Gasteiger partial charge in [0.25, 0.3) is 5.91 Å². The molecule has 0 radical (unpaired) electrons. The minimum Gasteiger partial charge on any atom is -0.338 e. The standard InChI is InChI=1S/C20H27N3O4S/c24-19-2-1-8-23(19)14-16-3-5-17(6-4-16)20(25)22-11-9-21(10-12-22)18-7-13-28(26,27)15-18/h3-6,18H,1-2,7-15H2/t18-/m1/s1. The Labute approximate surface area is 166 Å². The van der Waals surface area contributed by atoms with Crippen molar-refractivity contribution in [2.75, 3.05) is 44.2 Å². The Kier molecular flexibility index (Phi) is 5.42. The van der Waals surface area contributed by atoms with Crippen LogP contribution >= 0.6 is 0 Å². The van der Waals surface area contributed by atoms with Crippen LogP contribution in [0, 0.1) is 0 Å². The van der Waals surface area contributed by atoms with E-state index in [2.05, 4.69) is 4.90 Å². The Morgan fingerprint density at radius 3 is 2.32 bits per heavy atom. The van der Waals surface area contributed by atoms with Crippen molar-refractivity contribution >= 4 is 21.7 Å². The predicted molar refractivity (Wildman–Crippen MR) is 106 cm³/mol. The molecule has 0 spiro atoms. The lowest BCUT2D eigenvalue weighted by molar-refractivity contribution is -0.128. The van der Waals surface area contributed by atoms with E-state index in [-0.39, 0.29) is 29.4 Å². The van der Waals surface area contributed by atoms with Gasteiger partial charge in [-0.1, -0.05) is 12.1 Å². The summed E-state index contributed by atoms with van der Waals surface area (Å²) >= 11 is 0. The molecule has 0 saturated carbocycles. The fraction of sp³-hybridized carbons (Fsp3) is 0.600. The summed E-state index contributed by atoms with van der Waals surface area (Å²) in [5.41, 5.74) is 1.70. The summed E-state index contributed by atoms with van der Waals surface area (Å²) in [6.45, 7) is 4.11. The first-order valence-corrected chi connectivity index (χ1v) is 11.8. The average molecular weight is 406 g/mol. The molecule has 28 heavy (non-hydrogen) atoms. The van der Waals surface area contributed by atoms with Gasteiger partial charge in [0, 0.05) is 57.3 Å². The highest BCUT2D eigenvalue weighted by Gasteiger charge is 2.34. The van der Waals surface area contributed by atoms with Crippen LogP contribution in [0.4, 0.5) is 0 Å². The van der Waals surface area contributed by atoms with Gasteiger partial charge in [-0.05, 0) is 30.5 Å². The molecule has 3 aliphatic rings. The number of hydrogen-bond donors (Lipinski definition) is 0. The van der Waals surface area contributed by atoms with Crippen LogP contribution in [0.2, 0.25) is 0 Å². The van der Waals surface area contributed by atoms with Crippen molar-refractivity contribution in [2.45, 2.75) is 31.8 Å². The number of carbonyl (C=O) groups is 2. The quantitative estimate of drug-likeness (QED) is 0.739. The van der Waals surface area contributed by atoms with Crippen LogP contribution < -0.4 is 0 Å². The molecular weight excluding hydrogens is 378 g/mol. The van der Waals surface area contributed by atoms with E-state index in [1.165, 1.54) is 0 Å². The molecule has 7 nitrogen and oxygen atoms in total. The molecule has 152 valence electrons. The second-order valence-corrected chi connectivity index (χ2v) is 10.2. The van der Waals surface area contributed by atoms with Crippen LogP contribution in [0.25, 0.3) is 0 Å². The third kappa shape index (κ3) is 4.22. The Morgan fingerprint density at radius 2 is 1.75 bits per heavy atom. The van der Waals surface area contributed by atoms with E-state index in [4.69, 9.17) is 0 Å². The van der Waals surface area contributed by atoms with E-state index in [1.807, 2.05) is 34.1 Å². The molecule has 1 aromatic carbocycles. The van der Waals surface area contributed by atoms with Gasteiger partial charge in [0.15, 0.2) is 9.84 Å². The van der Waals surface area contributed by atoms with Crippen LogP contribution in [0.3, 0.4) is 0 Å². The number of rotatable bonds is 4. The molecule has 1 atom stereocenters. The Hall–Kier alpha value is -1.93. The first kappa shape index (κ1) is 19.4. The number of hydrogen-bond acceptors (Lipinski definition) is 5. The van der Waals surface area contributed by atoms with Crippen LogP contribution in [-0.2, 0) is 21.2 Å². The van der Waals surface area contributed by atoms with Crippen molar-refractivity contribution in [2.24, 2.45) is 0 Å². The normalized spacial score (nSPS) is 25.4. The van der Waals surface area contributed by atoms with Crippen molar-refractivity contribution in [1.82, 2.24) is 14.7 Å². The largest absolute Gasteiger partial charge is 0.338 e. The first-order valence-electron chi connectivity index (χ1n) is 10.0. The minimum atomic E-state index is -2.88. The predicted octanol–water partition coefficient (Wildman–Crippen LogP) is 0.754. The lowest BCUT2D eigenvalue weighted by Crippen LogP contribution is -2.52. The van der Waals surface area contributed by atoms with E-state index in [0.717, 1.165) is 31.6 Å². The Bertz CT molecular complexity index is 845. The summed E-state index contributed by atoms with van der Waals surface area (Å²) < 4.78 is 23.4. The SMILES string of the molecule is O=C1CCCN1Cc1ccc(C(=O)N2CCN([C@@H]3CCS(=O)(=O)C3)CC2)cc1. The molecule has 3 aliphatic heterocycles. The monoisotopic (exact) mass is 405 g/mol. The summed E-state index contributed by atoms with van der Waals surface area (Å²) in [5.74, 6) is 0.754. The highest BCUT2D eigenvalue weighted by molar-refractivity contribution is 7.91. The fourth-order valence-corrected chi connectivity index (χ4v) is 6.14. The second-order valence-electron chi connectivity index (χ2n) is 8.00. The van der Waals surface area contributed by atoms with Crippen LogP contribution in [0.1, 0.15) is 35.2 Å². The molecule has 3 heterocycles. The molecule has 0 aromatic heterocycles. The van der Waals surface area contributed by atoms with Crippen LogP contribution in [0.15, 0.2) is 24.3 Å². The van der Waals surface area contributed by atoms with Crippen molar-refractivity contribution in [1.29, 1.82) is 0 Å². The number of piperazine rings is 1. The maximum Gasteiger partial charge on any atom is 0.253 e. The molecule has 0 unspecified atom stereocenters. The molecule has 3 fully saturated rings. The summed E-state index contributed by atoms with van der Waals surface area (Å²) in [5, 5.41) is 0. The van der Waals surface area contributed by atoms with Crippen molar-refractivity contribution in [3.63, 3.8) is 0 Å². The molecule has 2 amide bonds. The zero-order valence-corrected chi connectivity index (χ0v) is 16.9. The summed E-state index contributed by atoms with van der Waals surface area (Å²) in [4.78, 5) is 30.5. The molecule has 0 bridgehead atoms. The van der Waals surface area contributed by atoms with Crippen molar-refractivity contribution in [3.05, 3.63) is 35.4 Å². The maximum atomic E-state index is 12.8.